The van der Waals surface area contributed by atoms with E-state index >= 15 is 0 Å². The maximum Gasteiger partial charge on any atom is 0.412 e. The fourth-order valence-corrected chi connectivity index (χ4v) is 6.26. The molecule has 3 saturated heterocycles. The van der Waals surface area contributed by atoms with Crippen molar-refractivity contribution in [2.24, 2.45) is 0 Å². The molecule has 0 saturated carbocycles. The van der Waals surface area contributed by atoms with Crippen molar-refractivity contribution in [3.8, 4) is 0 Å². The lowest BCUT2D eigenvalue weighted by Gasteiger charge is -2.37. The van der Waals surface area contributed by atoms with Crippen molar-refractivity contribution in [2.45, 2.75) is 115 Å². The number of hydrogen-bond donors (Lipinski definition) is 1. The minimum atomic E-state index is -1.72. The second-order valence-electron chi connectivity index (χ2n) is 13.4. The number of amides is 2. The first-order chi connectivity index (χ1) is 21.0. The van der Waals surface area contributed by atoms with Gasteiger partial charge in [0.2, 0.25) is 0 Å². The molecule has 4 aliphatic rings. The van der Waals surface area contributed by atoms with Crippen LogP contribution >= 0.6 is 0 Å². The van der Waals surface area contributed by atoms with Gasteiger partial charge in [0.1, 0.15) is 35.7 Å². The number of rotatable bonds is 7. The van der Waals surface area contributed by atoms with E-state index in [1.807, 2.05) is 27.7 Å². The molecule has 0 radical (unpaired) electrons. The van der Waals surface area contributed by atoms with Gasteiger partial charge in [0.05, 0.1) is 25.0 Å². The molecule has 5 heterocycles. The Morgan fingerprint density at radius 3 is 2.36 bits per heavy atom. The quantitative estimate of drug-likeness (QED) is 0.447. The number of carbonyl (C=O) groups is 2. The van der Waals surface area contributed by atoms with Gasteiger partial charge in [-0.2, -0.15) is 0 Å². The van der Waals surface area contributed by atoms with Gasteiger partial charge < -0.3 is 42.8 Å². The molecular formula is C30H41N5O10. The van der Waals surface area contributed by atoms with E-state index in [1.165, 1.54) is 19.1 Å². The molecule has 45 heavy (non-hydrogen) atoms. The van der Waals surface area contributed by atoms with Crippen molar-refractivity contribution < 1.29 is 47.5 Å². The topological polar surface area (TPSA) is 154 Å². The molecule has 15 heteroatoms. The number of carbonyl (C=O) groups excluding carboxylic acids is 2. The molecular weight excluding hydrogens is 590 g/mol. The first-order valence-electron chi connectivity index (χ1n) is 14.9. The van der Waals surface area contributed by atoms with E-state index in [4.69, 9.17) is 37.9 Å². The number of methoxy groups -OCH3 is 2. The zero-order valence-corrected chi connectivity index (χ0v) is 27.0. The van der Waals surface area contributed by atoms with Crippen molar-refractivity contribution in [1.82, 2.24) is 15.0 Å². The predicted octanol–water partition coefficient (Wildman–Crippen LogP) is 3.01. The minimum absolute atomic E-state index is 0.0825. The van der Waals surface area contributed by atoms with Crippen LogP contribution in [-0.2, 0) is 61.6 Å². The lowest BCUT2D eigenvalue weighted by molar-refractivity contribution is -0.236. The number of ether oxygens (including phenoxy) is 8. The maximum atomic E-state index is 13.8. The Morgan fingerprint density at radius 2 is 1.67 bits per heavy atom. The zero-order valence-electron chi connectivity index (χ0n) is 27.0. The van der Waals surface area contributed by atoms with Gasteiger partial charge in [0, 0.05) is 25.5 Å². The van der Waals surface area contributed by atoms with Crippen LogP contribution in [0.4, 0.5) is 16.2 Å². The lowest BCUT2D eigenvalue weighted by Crippen LogP contribution is -2.56. The van der Waals surface area contributed by atoms with Gasteiger partial charge in [-0.3, -0.25) is 10.1 Å². The van der Waals surface area contributed by atoms with Crippen molar-refractivity contribution >= 4 is 23.4 Å². The first-order valence-corrected chi connectivity index (χ1v) is 14.9. The monoisotopic (exact) mass is 631 g/mol. The Labute approximate surface area is 261 Å². The van der Waals surface area contributed by atoms with E-state index in [0.717, 1.165) is 0 Å². The summed E-state index contributed by atoms with van der Waals surface area (Å²) in [6, 6.07) is 5.01. The van der Waals surface area contributed by atoms with E-state index in [2.05, 4.69) is 15.6 Å². The third kappa shape index (κ3) is 5.93. The molecule has 1 N–H and O–H groups in total. The van der Waals surface area contributed by atoms with Crippen LogP contribution in [-0.4, -0.2) is 89.1 Å². The molecule has 3 fully saturated rings. The van der Waals surface area contributed by atoms with Crippen molar-refractivity contribution in [3.63, 3.8) is 0 Å². The number of fused-ring (bicyclic) bond motifs is 4. The number of nitrogens with one attached hydrogen (secondary N) is 1. The summed E-state index contributed by atoms with van der Waals surface area (Å²) in [6.07, 6.45) is -1.23. The minimum Gasteiger partial charge on any atom is -0.444 e. The summed E-state index contributed by atoms with van der Waals surface area (Å²) in [4.78, 5) is 27.7. The summed E-state index contributed by atoms with van der Waals surface area (Å²) in [6.45, 7) is 13.1. The van der Waals surface area contributed by atoms with Crippen LogP contribution in [0.5, 0.6) is 0 Å². The van der Waals surface area contributed by atoms with Gasteiger partial charge in [-0.05, 0) is 66.7 Å². The summed E-state index contributed by atoms with van der Waals surface area (Å²) >= 11 is 0. The molecule has 4 aliphatic heterocycles. The average molecular weight is 632 g/mol. The van der Waals surface area contributed by atoms with Gasteiger partial charge in [0.15, 0.2) is 17.9 Å². The van der Waals surface area contributed by atoms with E-state index in [-0.39, 0.29) is 6.54 Å². The second-order valence-corrected chi connectivity index (χ2v) is 13.4. The van der Waals surface area contributed by atoms with Gasteiger partial charge in [-0.1, -0.05) is 5.21 Å². The Hall–Kier alpha value is -3.18. The van der Waals surface area contributed by atoms with Crippen LogP contribution in [0.3, 0.4) is 0 Å². The molecule has 0 aliphatic carbocycles. The third-order valence-corrected chi connectivity index (χ3v) is 7.91. The Balaban J connectivity index is 1.20. The molecule has 2 aromatic rings. The number of hydrogen-bond acceptors (Lipinski definition) is 12. The zero-order chi connectivity index (χ0) is 32.5. The molecule has 0 bridgehead atoms. The summed E-state index contributed by atoms with van der Waals surface area (Å²) in [5.41, 5.74) is 1.22. The van der Waals surface area contributed by atoms with Crippen LogP contribution in [0.15, 0.2) is 24.4 Å². The second kappa shape index (κ2) is 11.0. The fourth-order valence-electron chi connectivity index (χ4n) is 6.26. The molecule has 0 spiro atoms. The first kappa shape index (κ1) is 31.8. The van der Waals surface area contributed by atoms with E-state index in [9.17, 15) is 9.59 Å². The highest BCUT2D eigenvalue weighted by molar-refractivity contribution is 6.06. The van der Waals surface area contributed by atoms with E-state index in [1.54, 1.807) is 49.8 Å². The molecule has 0 unspecified atom stereocenters. The maximum absolute atomic E-state index is 13.8. The smallest absolute Gasteiger partial charge is 0.412 e. The number of benzene rings is 1. The largest absolute Gasteiger partial charge is 0.444 e. The predicted molar refractivity (Wildman–Crippen MR) is 156 cm³/mol. The highest BCUT2D eigenvalue weighted by Crippen LogP contribution is 2.46. The molecule has 1 aromatic heterocycles. The SMILES string of the molecule is COC1(OC)C(=O)N(Cc2cn(C[C@H]3O[C@H]4OC(C)(C)O[C@H]4[C@@H]4OC(C)(C)O[C@@H]43)nn2)c2ccc(NC(=O)OC(C)(C)C)cc21. The fraction of sp³-hybridized carbons (Fsp3) is 0.667. The van der Waals surface area contributed by atoms with Crippen LogP contribution < -0.4 is 10.2 Å². The highest BCUT2D eigenvalue weighted by atomic mass is 16.9. The number of aromatic nitrogens is 3. The molecule has 15 nitrogen and oxygen atoms in total. The molecule has 5 atom stereocenters. The van der Waals surface area contributed by atoms with Crippen LogP contribution in [0.25, 0.3) is 0 Å². The summed E-state index contributed by atoms with van der Waals surface area (Å²) in [7, 11) is 2.77. The van der Waals surface area contributed by atoms with E-state index in [0.29, 0.717) is 29.2 Å². The van der Waals surface area contributed by atoms with Crippen LogP contribution in [0.2, 0.25) is 0 Å². The van der Waals surface area contributed by atoms with Gasteiger partial charge in [0.25, 0.3) is 11.7 Å². The third-order valence-electron chi connectivity index (χ3n) is 7.91. The number of anilines is 2. The summed E-state index contributed by atoms with van der Waals surface area (Å²) in [5.74, 6) is -3.81. The van der Waals surface area contributed by atoms with Gasteiger partial charge in [-0.25, -0.2) is 9.48 Å². The Kier molecular flexibility index (Phi) is 7.75. The number of nitrogens with zero attached hydrogens (tertiary/aromatic N) is 4. The summed E-state index contributed by atoms with van der Waals surface area (Å²) < 4.78 is 49.1. The lowest BCUT2D eigenvalue weighted by atomic mass is 9.99. The van der Waals surface area contributed by atoms with Crippen molar-refractivity contribution in [3.05, 3.63) is 35.7 Å². The van der Waals surface area contributed by atoms with Gasteiger partial charge in [-0.15, -0.1) is 5.10 Å². The Bertz CT molecular complexity index is 1470. The molecule has 6 rings (SSSR count). The normalized spacial score (nSPS) is 29.3. The highest BCUT2D eigenvalue weighted by Gasteiger charge is 2.61. The van der Waals surface area contributed by atoms with E-state index < -0.39 is 65.7 Å². The molecule has 1 aromatic carbocycles. The molecule has 246 valence electrons. The summed E-state index contributed by atoms with van der Waals surface area (Å²) in [5, 5.41) is 11.3. The van der Waals surface area contributed by atoms with Gasteiger partial charge >= 0.3 is 6.09 Å². The van der Waals surface area contributed by atoms with Crippen LogP contribution in [0.1, 0.15) is 59.7 Å². The average Bonchev–Trinajstić information content (AvgIpc) is 3.65. The molecule has 2 amide bonds. The standard InChI is InChI=1S/C30H41N5O10/c1-27(2,3)45-26(37)31-16-10-11-19-18(12-16)30(38-8,39-9)25(36)35(19)14-17-13-34(33-32-17)15-20-21-22(42-28(4,5)41-21)23-24(40-20)44-29(6,7)43-23/h10-13,20-24H,14-15H2,1-9H3,(H,31,37)/t20-,21-,22-,23+,24+/m1/s1. The van der Waals surface area contributed by atoms with Crippen molar-refractivity contribution in [2.75, 3.05) is 24.4 Å². The Morgan fingerprint density at radius 1 is 1.00 bits per heavy atom. The van der Waals surface area contributed by atoms with Crippen molar-refractivity contribution in [1.29, 1.82) is 0 Å². The van der Waals surface area contributed by atoms with Crippen LogP contribution in [0, 0.1) is 0 Å².